The minimum Gasteiger partial charge on any atom is -0.481 e. The summed E-state index contributed by atoms with van der Waals surface area (Å²) in [5.74, 6) is 8.58. The summed E-state index contributed by atoms with van der Waals surface area (Å²) in [5, 5.41) is 47.6. The molecule has 0 aliphatic carbocycles. The van der Waals surface area contributed by atoms with Crippen molar-refractivity contribution in [1.82, 2.24) is 0 Å². The number of phosphoric ester groups is 2. The van der Waals surface area contributed by atoms with Crippen LogP contribution in [0.15, 0.2) is 0 Å². The predicted molar refractivity (Wildman–Crippen MR) is 408 cm³/mol. The number of carboxylic acid groups (broad SMARTS) is 1. The number of aliphatic carboxylic acids is 1. The van der Waals surface area contributed by atoms with Crippen LogP contribution in [0.3, 0.4) is 0 Å². The van der Waals surface area contributed by atoms with Crippen molar-refractivity contribution in [2.24, 2.45) is 21.7 Å². The molecule has 95 heavy (non-hydrogen) atoms. The molecule has 0 saturated carbocycles. The average molecular weight is 1520 g/mol. The van der Waals surface area contributed by atoms with Crippen LogP contribution in [0.25, 0.3) is 0 Å². The van der Waals surface area contributed by atoms with Gasteiger partial charge in [-0.05, 0) is 245 Å². The Kier molecular flexibility index (Phi) is 60.9. The van der Waals surface area contributed by atoms with Crippen LogP contribution in [0.4, 0.5) is 0 Å². The highest BCUT2D eigenvalue weighted by Crippen LogP contribution is 2.44. The zero-order chi connectivity index (χ0) is 73.8. The molecule has 0 saturated heterocycles. The van der Waals surface area contributed by atoms with E-state index in [1.54, 1.807) is 41.5 Å². The van der Waals surface area contributed by atoms with Crippen molar-refractivity contribution < 1.29 is 90.6 Å². The van der Waals surface area contributed by atoms with Crippen molar-refractivity contribution in [2.75, 3.05) is 65.8 Å². The summed E-state index contributed by atoms with van der Waals surface area (Å²) >= 11 is 9.04. The number of thioether (sulfide) groups is 4. The van der Waals surface area contributed by atoms with Crippen molar-refractivity contribution in [3.8, 4) is 0 Å². The van der Waals surface area contributed by atoms with Gasteiger partial charge in [-0.1, -0.05) is 137 Å². The van der Waals surface area contributed by atoms with E-state index in [1.807, 2.05) is 49.1 Å². The number of hydrogen-bond donors (Lipinski definition) is 10. The third-order valence-electron chi connectivity index (χ3n) is 16.6. The van der Waals surface area contributed by atoms with Crippen LogP contribution in [0.1, 0.15) is 316 Å². The van der Waals surface area contributed by atoms with Crippen LogP contribution in [0.2, 0.25) is 0 Å². The van der Waals surface area contributed by atoms with Crippen molar-refractivity contribution >= 4 is 90.8 Å². The summed E-state index contributed by atoms with van der Waals surface area (Å²) in [6, 6.07) is 0. The molecule has 0 spiro atoms. The van der Waals surface area contributed by atoms with Gasteiger partial charge >= 0.3 is 21.6 Å². The van der Waals surface area contributed by atoms with Gasteiger partial charge in [-0.3, -0.25) is 18.4 Å². The van der Waals surface area contributed by atoms with Gasteiger partial charge in [0.2, 0.25) is 0 Å². The molecule has 0 atom stereocenters. The maximum absolute atomic E-state index is 11.2. The first-order chi connectivity index (χ1) is 43.7. The first-order valence-electron chi connectivity index (χ1n) is 35.2. The van der Waals surface area contributed by atoms with Gasteiger partial charge in [0.15, 0.2) is 0 Å². The Balaban J connectivity index is -0.000000584. The number of unbranched alkanes of at least 4 members (excludes halogenated alkanes) is 12. The highest BCUT2D eigenvalue weighted by atomic mass is 32.2. The minimum absolute atomic E-state index is 0.0746. The van der Waals surface area contributed by atoms with Crippen LogP contribution in [0, 0.1) is 21.7 Å². The lowest BCUT2D eigenvalue weighted by molar-refractivity contribution is -0.432. The fraction of sp³-hybridized carbons (Fsp3) is 0.985. The van der Waals surface area contributed by atoms with Crippen LogP contribution >= 0.6 is 74.7 Å². The molecule has 27 heteroatoms. The Morgan fingerprint density at radius 2 is 0.632 bits per heavy atom. The summed E-state index contributed by atoms with van der Waals surface area (Å²) in [6.07, 6.45) is 32.5. The second-order valence-corrected chi connectivity index (χ2v) is 41.8. The molecule has 0 aliphatic heterocycles. The van der Waals surface area contributed by atoms with Gasteiger partial charge in [-0.2, -0.15) is 55.5 Å². The molecule has 0 fully saturated rings. The third kappa shape index (κ3) is 76.1. The molecular weight excluding hydrogens is 1380 g/mol. The van der Waals surface area contributed by atoms with E-state index in [4.69, 9.17) is 58.9 Å². The molecule has 0 aromatic carbocycles. The van der Waals surface area contributed by atoms with Gasteiger partial charge in [0.1, 0.15) is 0 Å². The molecule has 0 rings (SSSR count). The third-order valence-corrected chi connectivity index (χ3v) is 25.0. The van der Waals surface area contributed by atoms with E-state index in [1.165, 1.54) is 100 Å². The highest BCUT2D eigenvalue weighted by Gasteiger charge is 2.32. The first-order valence-corrected chi connectivity index (χ1v) is 45.0. The molecule has 0 aromatic heterocycles. The van der Waals surface area contributed by atoms with E-state index in [0.717, 1.165) is 138 Å². The van der Waals surface area contributed by atoms with Crippen molar-refractivity contribution in [3.63, 3.8) is 0 Å². The Morgan fingerprint density at radius 3 is 0.884 bits per heavy atom. The second kappa shape index (κ2) is 56.5. The summed E-state index contributed by atoms with van der Waals surface area (Å²) in [4.78, 5) is 46.2. The number of carboxylic acids is 1. The standard InChI is InChI=1S/C18H36O3S.C18H38O2S.C16H36O8P2S.C16H34O6S3/c1-17(2,11-12-19)9-5-7-13-22-14-8-6-10-18(3,4)15-16(20)21;1-17(2,11-13-19)9-5-7-15-21-16-8-6-10-18(3,4)12-14-20;1-15(2,23-25(17,18)19)11-7-5-9-13-27-14-10-6-8-12-16(3,4)24-26(20,21)22;1-15(2,24-22-21-17)11-7-5-9-13-23-14-10-6-8-12-16(3,4)25(18,19)20/h19H,5-15H2,1-4H3,(H,20,21);19-20H,5-16H2,1-4H3;5-14H2,1-4H3,(H2,17,18,19)(H2,20,21,22);17H,5-14H2,1-4H3,(H,18,19,20). The predicted octanol–water partition coefficient (Wildman–Crippen LogP) is 19.8. The van der Waals surface area contributed by atoms with E-state index in [2.05, 4.69) is 76.5 Å². The molecular formula is C68H144O19P2S6. The number of phosphoric acid groups is 2. The van der Waals surface area contributed by atoms with Crippen LogP contribution in [-0.2, 0) is 42.5 Å². The maximum atomic E-state index is 11.2. The van der Waals surface area contributed by atoms with Crippen molar-refractivity contribution in [3.05, 3.63) is 0 Å². The number of carbonyl (C=O) groups is 1. The van der Waals surface area contributed by atoms with Crippen LogP contribution in [-0.4, -0.2) is 151 Å². The fourth-order valence-corrected chi connectivity index (χ4v) is 16.6. The normalized spacial score (nSPS) is 13.2. The maximum Gasteiger partial charge on any atom is 0.470 e. The Labute approximate surface area is 601 Å². The number of aliphatic hydroxyl groups excluding tert-OH is 3. The first kappa shape index (κ1) is 102. The van der Waals surface area contributed by atoms with Gasteiger partial charge in [0.05, 0.1) is 22.4 Å². The summed E-state index contributed by atoms with van der Waals surface area (Å²) in [5.41, 5.74) is -0.827. The monoisotopic (exact) mass is 1520 g/mol. The van der Waals surface area contributed by atoms with E-state index in [-0.39, 0.29) is 22.0 Å². The summed E-state index contributed by atoms with van der Waals surface area (Å²) in [6.45, 7) is 32.5. The topological polar surface area (TPSA) is 325 Å². The number of aliphatic hydroxyl groups is 3. The number of rotatable bonds is 60. The van der Waals surface area contributed by atoms with Gasteiger partial charge in [0, 0.05) is 36.6 Å². The molecule has 0 radical (unpaired) electrons. The SMILES string of the molecule is CC(C)(CCCCCSCCCCCC(C)(C)OP(=O)(O)O)OP(=O)(O)O.CC(C)(CCCCCSCCCCCC(C)(C)S(=O)(=O)O)SOOO.CC(C)(CCO)CCCCSCCCCC(C)(C)CC(=O)O.CC(C)(CCO)CCCCSCCCCC(C)(C)CCO. The molecule has 10 N–H and O–H groups in total. The quantitative estimate of drug-likeness (QED) is 0.00675. The van der Waals surface area contributed by atoms with Crippen molar-refractivity contribution in [1.29, 1.82) is 0 Å². The van der Waals surface area contributed by atoms with Crippen molar-refractivity contribution in [2.45, 2.75) is 337 Å². The summed E-state index contributed by atoms with van der Waals surface area (Å²) in [7, 11) is -12.8. The average Bonchev–Trinajstić information content (AvgIpc) is 0.869. The van der Waals surface area contributed by atoms with Crippen LogP contribution in [0.5, 0.6) is 0 Å². The highest BCUT2D eigenvalue weighted by molar-refractivity contribution is 7.99. The minimum atomic E-state index is -4.44. The molecule has 0 aromatic rings. The number of hydrogen-bond acceptors (Lipinski definition) is 18. The molecule has 0 amide bonds. The summed E-state index contributed by atoms with van der Waals surface area (Å²) < 4.78 is 66.2. The lowest BCUT2D eigenvalue weighted by atomic mass is 9.84. The fourth-order valence-electron chi connectivity index (χ4n) is 10.2. The zero-order valence-electron chi connectivity index (χ0n) is 62.4. The van der Waals surface area contributed by atoms with Gasteiger partial charge < -0.3 is 40.0 Å². The smallest absolute Gasteiger partial charge is 0.470 e. The molecule has 19 nitrogen and oxygen atoms in total. The molecule has 0 aliphatic rings. The Hall–Kier alpha value is 1.11. The Bertz CT molecular complexity index is 1970. The lowest BCUT2D eigenvalue weighted by Gasteiger charge is -2.25. The molecule has 576 valence electrons. The zero-order valence-corrected chi connectivity index (χ0v) is 69.1. The van der Waals surface area contributed by atoms with E-state index in [9.17, 15) is 22.3 Å². The lowest BCUT2D eigenvalue weighted by Crippen LogP contribution is -2.31. The molecule has 0 unspecified atom stereocenters. The Morgan fingerprint density at radius 1 is 0.379 bits per heavy atom. The van der Waals surface area contributed by atoms with E-state index >= 15 is 0 Å². The van der Waals surface area contributed by atoms with E-state index in [0.29, 0.717) is 49.9 Å². The second-order valence-electron chi connectivity index (χ2n) is 31.1. The molecule has 0 heterocycles. The molecule has 0 bridgehead atoms. The van der Waals surface area contributed by atoms with Gasteiger partial charge in [0.25, 0.3) is 10.1 Å². The van der Waals surface area contributed by atoms with Gasteiger partial charge in [-0.25, -0.2) is 14.4 Å². The largest absolute Gasteiger partial charge is 0.481 e. The van der Waals surface area contributed by atoms with Crippen LogP contribution < -0.4 is 0 Å². The van der Waals surface area contributed by atoms with Gasteiger partial charge in [-0.15, -0.1) is 4.33 Å². The van der Waals surface area contributed by atoms with E-state index < -0.39 is 47.7 Å².